The number of hydrogen-bond acceptors (Lipinski definition) is 7. The van der Waals surface area contributed by atoms with E-state index in [4.69, 9.17) is 4.74 Å². The number of rotatable bonds is 14. The van der Waals surface area contributed by atoms with E-state index in [1.807, 2.05) is 75.4 Å². The normalized spacial score (nSPS) is 12.6. The molecule has 11 nitrogen and oxygen atoms in total. The number of nitro benzene ring substituents is 1. The van der Waals surface area contributed by atoms with Gasteiger partial charge in [0.05, 0.1) is 18.3 Å². The third kappa shape index (κ3) is 9.02. The molecule has 0 saturated heterocycles. The molecule has 0 heterocycles. The van der Waals surface area contributed by atoms with Gasteiger partial charge in [0.1, 0.15) is 24.0 Å². The Kier molecular flexibility index (Phi) is 11.2. The summed E-state index contributed by atoms with van der Waals surface area (Å²) >= 11 is 0. The molecular weight excluding hydrogens is 572 g/mol. The lowest BCUT2D eigenvalue weighted by Gasteiger charge is -2.34. The number of amides is 2. The Labute approximate surface area is 252 Å². The molecule has 230 valence electrons. The van der Waals surface area contributed by atoms with E-state index >= 15 is 0 Å². The molecule has 0 fully saturated rings. The number of ether oxygens (including phenoxy) is 1. The van der Waals surface area contributed by atoms with Crippen molar-refractivity contribution >= 4 is 33.2 Å². The van der Waals surface area contributed by atoms with E-state index in [1.165, 1.54) is 24.1 Å². The molecule has 0 aliphatic carbocycles. The summed E-state index contributed by atoms with van der Waals surface area (Å²) in [4.78, 5) is 40.2. The van der Waals surface area contributed by atoms with Crippen molar-refractivity contribution in [3.8, 4) is 5.75 Å². The van der Waals surface area contributed by atoms with Crippen molar-refractivity contribution in [2.45, 2.75) is 52.2 Å². The van der Waals surface area contributed by atoms with E-state index in [0.29, 0.717) is 6.42 Å². The summed E-state index contributed by atoms with van der Waals surface area (Å²) in [7, 11) is -2.85. The third-order valence-corrected chi connectivity index (χ3v) is 8.19. The van der Waals surface area contributed by atoms with Gasteiger partial charge >= 0.3 is 0 Å². The van der Waals surface area contributed by atoms with Gasteiger partial charge in [-0.3, -0.25) is 24.0 Å². The Hall–Kier alpha value is -4.45. The first kappa shape index (κ1) is 33.1. The van der Waals surface area contributed by atoms with Gasteiger partial charge in [-0.25, -0.2) is 8.42 Å². The number of nitrogens with zero attached hydrogens (tertiary/aromatic N) is 3. The number of aryl methyl sites for hydroxylation is 1. The summed E-state index contributed by atoms with van der Waals surface area (Å²) in [6.45, 7) is 5.03. The molecule has 3 rings (SSSR count). The highest BCUT2D eigenvalue weighted by Gasteiger charge is 2.34. The fourth-order valence-electron chi connectivity index (χ4n) is 4.47. The van der Waals surface area contributed by atoms with Gasteiger partial charge in [-0.2, -0.15) is 0 Å². The zero-order valence-corrected chi connectivity index (χ0v) is 25.8. The van der Waals surface area contributed by atoms with Crippen LogP contribution in [-0.4, -0.2) is 62.0 Å². The Morgan fingerprint density at radius 3 is 2.23 bits per heavy atom. The van der Waals surface area contributed by atoms with Crippen molar-refractivity contribution in [3.05, 3.63) is 99.6 Å². The van der Waals surface area contributed by atoms with Crippen LogP contribution in [-0.2, 0) is 32.6 Å². The summed E-state index contributed by atoms with van der Waals surface area (Å²) in [6, 6.07) is 19.1. The maximum Gasteiger partial charge on any atom is 0.271 e. The van der Waals surface area contributed by atoms with Crippen LogP contribution in [0.25, 0.3) is 0 Å². The maximum absolute atomic E-state index is 14.2. The lowest BCUT2D eigenvalue weighted by atomic mass is 10.0. The number of carbonyl (C=O) groups excluding carboxylic acids is 2. The van der Waals surface area contributed by atoms with Gasteiger partial charge in [0.15, 0.2) is 0 Å². The van der Waals surface area contributed by atoms with Gasteiger partial charge in [0.25, 0.3) is 5.69 Å². The highest BCUT2D eigenvalue weighted by molar-refractivity contribution is 7.92. The summed E-state index contributed by atoms with van der Waals surface area (Å²) in [5, 5.41) is 14.5. The van der Waals surface area contributed by atoms with Crippen molar-refractivity contribution in [1.29, 1.82) is 0 Å². The van der Waals surface area contributed by atoms with Crippen molar-refractivity contribution in [2.75, 3.05) is 24.2 Å². The van der Waals surface area contributed by atoms with Crippen molar-refractivity contribution in [2.24, 2.45) is 0 Å². The quantitative estimate of drug-likeness (QED) is 0.213. The number of hydrogen-bond donors (Lipinski definition) is 1. The van der Waals surface area contributed by atoms with Crippen molar-refractivity contribution < 1.29 is 27.7 Å². The second-order valence-electron chi connectivity index (χ2n) is 10.4. The van der Waals surface area contributed by atoms with Crippen LogP contribution in [0.2, 0.25) is 0 Å². The highest BCUT2D eigenvalue weighted by Crippen LogP contribution is 2.34. The van der Waals surface area contributed by atoms with E-state index in [1.54, 1.807) is 0 Å². The van der Waals surface area contributed by atoms with E-state index in [-0.39, 0.29) is 42.0 Å². The number of anilines is 1. The lowest BCUT2D eigenvalue weighted by Crippen LogP contribution is -2.54. The van der Waals surface area contributed by atoms with Crippen LogP contribution in [0.5, 0.6) is 5.75 Å². The Balaban J connectivity index is 2.13. The molecule has 2 amide bonds. The van der Waals surface area contributed by atoms with Crippen LogP contribution in [0.15, 0.2) is 72.8 Å². The second-order valence-corrected chi connectivity index (χ2v) is 12.3. The molecule has 0 aliphatic rings. The molecule has 0 aliphatic heterocycles. The largest absolute Gasteiger partial charge is 0.495 e. The van der Waals surface area contributed by atoms with Gasteiger partial charge in [-0.05, 0) is 37.5 Å². The monoisotopic (exact) mass is 610 g/mol. The molecule has 0 radical (unpaired) electrons. The fraction of sp³-hybridized carbons (Fsp3) is 0.355. The fourth-order valence-corrected chi connectivity index (χ4v) is 5.31. The molecule has 1 N–H and O–H groups in total. The van der Waals surface area contributed by atoms with E-state index in [2.05, 4.69) is 5.32 Å². The van der Waals surface area contributed by atoms with Crippen LogP contribution >= 0.6 is 0 Å². The Morgan fingerprint density at radius 1 is 1.02 bits per heavy atom. The topological polar surface area (TPSA) is 139 Å². The lowest BCUT2D eigenvalue weighted by molar-refractivity contribution is -0.384. The number of sulfonamides is 1. The Bertz CT molecular complexity index is 1530. The first-order valence-electron chi connectivity index (χ1n) is 13.8. The maximum atomic E-state index is 14.2. The number of benzene rings is 3. The SMILES string of the molecule is CC[C@H](C)NC(=O)[C@H](Cc1ccccc1)N(Cc1ccc(C)cc1)C(=O)CN(c1cc([N+](=O)[O-])ccc1OC)S(C)(=O)=O. The molecule has 0 unspecified atom stereocenters. The number of nitrogens with one attached hydrogen (secondary N) is 1. The van der Waals surface area contributed by atoms with E-state index in [0.717, 1.165) is 33.3 Å². The minimum Gasteiger partial charge on any atom is -0.495 e. The Morgan fingerprint density at radius 2 is 1.67 bits per heavy atom. The number of carbonyl (C=O) groups is 2. The summed E-state index contributed by atoms with van der Waals surface area (Å²) < 4.78 is 32.2. The minimum absolute atomic E-state index is 0.0220. The van der Waals surface area contributed by atoms with Crippen LogP contribution in [0.4, 0.5) is 11.4 Å². The molecular formula is C31H38N4O7S. The minimum atomic E-state index is -4.15. The zero-order valence-electron chi connectivity index (χ0n) is 25.0. The number of nitro groups is 1. The molecule has 12 heteroatoms. The summed E-state index contributed by atoms with van der Waals surface area (Å²) in [5.74, 6) is -1.01. The first-order chi connectivity index (χ1) is 20.3. The highest BCUT2D eigenvalue weighted by atomic mass is 32.2. The molecule has 0 saturated carbocycles. The van der Waals surface area contributed by atoms with E-state index in [9.17, 15) is 28.1 Å². The van der Waals surface area contributed by atoms with Crippen molar-refractivity contribution in [1.82, 2.24) is 10.2 Å². The van der Waals surface area contributed by atoms with E-state index < -0.39 is 33.4 Å². The van der Waals surface area contributed by atoms with Gasteiger partial charge in [0, 0.05) is 31.1 Å². The predicted octanol–water partition coefficient (Wildman–Crippen LogP) is 4.23. The number of methoxy groups -OCH3 is 1. The van der Waals surface area contributed by atoms with Gasteiger partial charge in [-0.15, -0.1) is 0 Å². The predicted molar refractivity (Wildman–Crippen MR) is 165 cm³/mol. The van der Waals surface area contributed by atoms with Crippen LogP contribution in [0.3, 0.4) is 0 Å². The smallest absolute Gasteiger partial charge is 0.271 e. The molecule has 0 bridgehead atoms. The second kappa shape index (κ2) is 14.6. The zero-order chi connectivity index (χ0) is 31.7. The number of non-ortho nitro benzene ring substituents is 1. The molecule has 2 atom stereocenters. The average Bonchev–Trinajstić information content (AvgIpc) is 2.97. The van der Waals surface area contributed by atoms with Crippen LogP contribution < -0.4 is 14.4 Å². The molecule has 3 aromatic rings. The van der Waals surface area contributed by atoms with Gasteiger partial charge < -0.3 is 15.0 Å². The summed E-state index contributed by atoms with van der Waals surface area (Å²) in [5.41, 5.74) is 2.04. The molecule has 3 aromatic carbocycles. The molecule has 43 heavy (non-hydrogen) atoms. The van der Waals surface area contributed by atoms with Crippen LogP contribution in [0, 0.1) is 17.0 Å². The standard InChI is InChI=1S/C31H38N4O7S/c1-6-23(3)32-31(37)28(18-24-10-8-7-9-11-24)33(20-25-14-12-22(2)13-15-25)30(36)21-34(43(5,40)41)27-19-26(35(38)39)16-17-29(27)42-4/h7-17,19,23,28H,6,18,20-21H2,1-5H3,(H,32,37)/t23-,28-/m0/s1. The molecule has 0 spiro atoms. The van der Waals surface area contributed by atoms with Crippen molar-refractivity contribution in [3.63, 3.8) is 0 Å². The molecule has 0 aromatic heterocycles. The van der Waals surface area contributed by atoms with Gasteiger partial charge in [0.2, 0.25) is 21.8 Å². The third-order valence-electron chi connectivity index (χ3n) is 7.07. The van der Waals surface area contributed by atoms with Gasteiger partial charge in [-0.1, -0.05) is 67.1 Å². The summed E-state index contributed by atoms with van der Waals surface area (Å²) in [6.07, 6.45) is 1.75. The first-order valence-corrected chi connectivity index (χ1v) is 15.7. The van der Waals surface area contributed by atoms with Crippen LogP contribution in [0.1, 0.15) is 37.0 Å². The average molecular weight is 611 g/mol.